The number of anilines is 2. The van der Waals surface area contributed by atoms with Gasteiger partial charge in [0.15, 0.2) is 16.6 Å². The number of methoxy groups -OCH3 is 1. The molecule has 0 bridgehead atoms. The standard InChI is InChI=1S/C32H40N8O5S2/c1-21-6-4-11-38(21)12-5-17-45-28-19-26-25(18-27(28)44-3)29-30(36-26)33-20-34-31(29)39-13-15-40(16-14-39)32(46)35-23-7-9-24(10-8-23)47(42,43)37-22(2)41/h7-10,18-21H,4-6,11-17H2,1-3H3,(H,35,46)(H,37,41)(H,33,34,36)/p+1. The second-order valence-corrected chi connectivity index (χ2v) is 14.0. The van der Waals surface area contributed by atoms with Crippen LogP contribution in [0.2, 0.25) is 0 Å². The number of H-pyrrole nitrogens is 2. The minimum atomic E-state index is -3.90. The molecule has 15 heteroatoms. The molecule has 4 heterocycles. The van der Waals surface area contributed by atoms with Crippen LogP contribution in [0.15, 0.2) is 47.6 Å². The van der Waals surface area contributed by atoms with Crippen molar-refractivity contribution in [3.05, 3.63) is 42.7 Å². The topological polar surface area (TPSA) is 146 Å². The Kier molecular flexibility index (Phi) is 9.66. The molecule has 2 aromatic heterocycles. The van der Waals surface area contributed by atoms with E-state index in [0.29, 0.717) is 61.1 Å². The third-order valence-electron chi connectivity index (χ3n) is 8.81. The number of amides is 1. The lowest BCUT2D eigenvalue weighted by Gasteiger charge is -2.34. The van der Waals surface area contributed by atoms with Crippen molar-refractivity contribution in [2.24, 2.45) is 0 Å². The van der Waals surface area contributed by atoms with Crippen molar-refractivity contribution in [2.75, 3.05) is 63.2 Å². The molecule has 2 aliphatic rings. The first-order valence-corrected chi connectivity index (χ1v) is 17.7. The van der Waals surface area contributed by atoms with Gasteiger partial charge in [-0.05, 0) is 75.3 Å². The number of sulfonamides is 1. The molecular weight excluding hydrogens is 641 g/mol. The Morgan fingerprint density at radius 1 is 1.13 bits per heavy atom. The van der Waals surface area contributed by atoms with Crippen molar-refractivity contribution in [3.8, 4) is 11.5 Å². The number of fused-ring (bicyclic) bond motifs is 3. The van der Waals surface area contributed by atoms with Gasteiger partial charge in [0.1, 0.15) is 5.39 Å². The zero-order chi connectivity index (χ0) is 33.1. The van der Waals surface area contributed by atoms with Gasteiger partial charge in [-0.15, -0.1) is 0 Å². The summed E-state index contributed by atoms with van der Waals surface area (Å²) in [5, 5.41) is 5.72. The number of thiocarbonyl (C=S) groups is 1. The summed E-state index contributed by atoms with van der Waals surface area (Å²) >= 11 is 5.68. The fourth-order valence-electron chi connectivity index (χ4n) is 6.35. The number of ether oxygens (including phenoxy) is 2. The van der Waals surface area contributed by atoms with Crippen LogP contribution in [0.3, 0.4) is 0 Å². The number of aromatic nitrogens is 3. The van der Waals surface area contributed by atoms with E-state index in [1.807, 2.05) is 16.9 Å². The van der Waals surface area contributed by atoms with E-state index in [4.69, 9.17) is 21.7 Å². The molecule has 0 radical (unpaired) electrons. The van der Waals surface area contributed by atoms with Crippen molar-refractivity contribution >= 4 is 66.7 Å². The summed E-state index contributed by atoms with van der Waals surface area (Å²) in [4.78, 5) is 29.5. The summed E-state index contributed by atoms with van der Waals surface area (Å²) < 4.78 is 38.4. The molecule has 2 aliphatic heterocycles. The van der Waals surface area contributed by atoms with Gasteiger partial charge in [0.05, 0.1) is 50.3 Å². The van der Waals surface area contributed by atoms with E-state index in [1.54, 1.807) is 25.6 Å². The molecule has 0 spiro atoms. The zero-order valence-corrected chi connectivity index (χ0v) is 28.5. The first-order valence-electron chi connectivity index (χ1n) is 15.8. The lowest BCUT2D eigenvalue weighted by Crippen LogP contribution is -2.51. The number of rotatable bonds is 10. The highest BCUT2D eigenvalue weighted by molar-refractivity contribution is 7.90. The average molecular weight is 682 g/mol. The van der Waals surface area contributed by atoms with Gasteiger partial charge in [0, 0.05) is 36.7 Å². The molecule has 2 aromatic carbocycles. The number of piperazine rings is 1. The van der Waals surface area contributed by atoms with Crippen LogP contribution < -0.4 is 29.4 Å². The summed E-state index contributed by atoms with van der Waals surface area (Å²) in [5.74, 6) is 1.72. The van der Waals surface area contributed by atoms with Gasteiger partial charge in [-0.3, -0.25) is 9.69 Å². The van der Waals surface area contributed by atoms with E-state index in [9.17, 15) is 13.2 Å². The minimum absolute atomic E-state index is 0.000965. The first-order chi connectivity index (χ1) is 22.6. The number of carbonyl (C=O) groups is 1. The molecule has 4 aromatic rings. The first kappa shape index (κ1) is 32.7. The summed E-state index contributed by atoms with van der Waals surface area (Å²) in [6.07, 6.45) is 5.21. The number of likely N-dealkylation sites (tertiary alicyclic amines) is 1. The second kappa shape index (κ2) is 13.9. The van der Waals surface area contributed by atoms with Crippen LogP contribution in [-0.4, -0.2) is 98.2 Å². The monoisotopic (exact) mass is 681 g/mol. The lowest BCUT2D eigenvalue weighted by atomic mass is 10.1. The summed E-state index contributed by atoms with van der Waals surface area (Å²) in [6, 6.07) is 10.8. The molecule has 0 saturated carbocycles. The molecule has 47 heavy (non-hydrogen) atoms. The van der Waals surface area contributed by atoms with E-state index < -0.39 is 15.9 Å². The molecule has 2 saturated heterocycles. The molecule has 250 valence electrons. The number of nitrogens with one attached hydrogen (secondary N) is 4. The number of nitrogens with zero attached hydrogens (tertiary/aromatic N) is 4. The Morgan fingerprint density at radius 3 is 2.57 bits per heavy atom. The van der Waals surface area contributed by atoms with Crippen LogP contribution in [0.1, 0.15) is 33.1 Å². The van der Waals surface area contributed by atoms with Crippen LogP contribution in [0, 0.1) is 0 Å². The van der Waals surface area contributed by atoms with E-state index in [-0.39, 0.29) is 4.90 Å². The lowest BCUT2D eigenvalue weighted by molar-refractivity contribution is -0.367. The van der Waals surface area contributed by atoms with Crippen molar-refractivity contribution in [3.63, 3.8) is 0 Å². The Bertz CT molecular complexity index is 1870. The van der Waals surface area contributed by atoms with Gasteiger partial charge >= 0.3 is 0 Å². The second-order valence-electron chi connectivity index (χ2n) is 12.0. The fraction of sp³-hybridized carbons (Fsp3) is 0.438. The molecule has 4 N–H and O–H groups in total. The van der Waals surface area contributed by atoms with E-state index in [1.165, 1.54) is 31.5 Å². The van der Waals surface area contributed by atoms with E-state index >= 15 is 0 Å². The van der Waals surface area contributed by atoms with E-state index in [2.05, 4.69) is 41.9 Å². The summed E-state index contributed by atoms with van der Waals surface area (Å²) in [6.45, 7) is 9.07. The molecular formula is C32H41N8O5S2+. The Hall–Kier alpha value is -4.21. The normalized spacial score (nSPS) is 17.3. The van der Waals surface area contributed by atoms with Crippen LogP contribution in [0.25, 0.3) is 21.9 Å². The average Bonchev–Trinajstić information content (AvgIpc) is 3.64. The fourth-order valence-corrected chi connectivity index (χ4v) is 7.64. The van der Waals surface area contributed by atoms with Crippen molar-refractivity contribution in [1.82, 2.24) is 24.5 Å². The van der Waals surface area contributed by atoms with Crippen LogP contribution >= 0.6 is 12.2 Å². The number of hydrogen-bond acceptors (Lipinski definition) is 9. The zero-order valence-electron chi connectivity index (χ0n) is 26.8. The van der Waals surface area contributed by atoms with Gasteiger partial charge in [0.2, 0.25) is 23.7 Å². The number of hydrogen-bond donors (Lipinski definition) is 3. The van der Waals surface area contributed by atoms with Crippen LogP contribution in [0.4, 0.5) is 11.5 Å². The quantitative estimate of drug-likeness (QED) is 0.168. The van der Waals surface area contributed by atoms with Gasteiger partial charge in [0.25, 0.3) is 10.0 Å². The molecule has 1 amide bonds. The maximum atomic E-state index is 12.2. The predicted molar refractivity (Wildman–Crippen MR) is 185 cm³/mol. The highest BCUT2D eigenvalue weighted by Crippen LogP contribution is 2.38. The van der Waals surface area contributed by atoms with Crippen LogP contribution in [0.5, 0.6) is 11.5 Å². The minimum Gasteiger partial charge on any atom is -0.493 e. The summed E-state index contributed by atoms with van der Waals surface area (Å²) in [5.41, 5.74) is 2.36. The van der Waals surface area contributed by atoms with Gasteiger partial charge < -0.3 is 29.6 Å². The largest absolute Gasteiger partial charge is 0.493 e. The third-order valence-corrected chi connectivity index (χ3v) is 10.6. The Morgan fingerprint density at radius 2 is 1.89 bits per heavy atom. The summed E-state index contributed by atoms with van der Waals surface area (Å²) in [7, 11) is -2.23. The molecule has 0 aliphatic carbocycles. The van der Waals surface area contributed by atoms with Gasteiger partial charge in [-0.1, -0.05) is 4.98 Å². The van der Waals surface area contributed by atoms with Gasteiger partial charge in [-0.25, -0.2) is 18.1 Å². The third kappa shape index (κ3) is 7.21. The molecule has 2 fully saturated rings. The maximum Gasteiger partial charge on any atom is 0.264 e. The molecule has 6 rings (SSSR count). The van der Waals surface area contributed by atoms with Crippen molar-refractivity contribution in [2.45, 2.75) is 44.0 Å². The Balaban J connectivity index is 1.11. The number of carbonyl (C=O) groups excluding carboxylic acids is 1. The molecule has 13 nitrogen and oxygen atoms in total. The number of benzene rings is 2. The molecule has 1 unspecified atom stereocenters. The van der Waals surface area contributed by atoms with Gasteiger partial charge in [-0.2, -0.15) is 0 Å². The predicted octanol–water partition coefficient (Wildman–Crippen LogP) is 3.14. The molecule has 1 atom stereocenters. The highest BCUT2D eigenvalue weighted by Gasteiger charge is 2.28. The Labute approximate surface area is 279 Å². The SMILES string of the molecule is COc1cc2c(cc1OCCCN1CCCC1C)[nH]c1nc[nH+]c(N3CCN(C(=S)Nc4ccc(S(=O)(=O)NC(C)=O)cc4)CC3)c12. The highest BCUT2D eigenvalue weighted by atomic mass is 32.2. The van der Waals surface area contributed by atoms with Crippen molar-refractivity contribution < 1.29 is 27.7 Å². The van der Waals surface area contributed by atoms with E-state index in [0.717, 1.165) is 47.6 Å². The van der Waals surface area contributed by atoms with Crippen LogP contribution in [-0.2, 0) is 14.8 Å². The number of aromatic amines is 2. The van der Waals surface area contributed by atoms with Crippen molar-refractivity contribution in [1.29, 1.82) is 0 Å². The smallest absolute Gasteiger partial charge is 0.264 e. The maximum absolute atomic E-state index is 12.2.